The lowest BCUT2D eigenvalue weighted by Gasteiger charge is -2.15. The maximum atomic E-state index is 13.8. The summed E-state index contributed by atoms with van der Waals surface area (Å²) >= 11 is 0. The van der Waals surface area contributed by atoms with Gasteiger partial charge < -0.3 is 19.7 Å². The van der Waals surface area contributed by atoms with E-state index in [0.717, 1.165) is 18.9 Å². The van der Waals surface area contributed by atoms with E-state index >= 15 is 0 Å². The number of benzene rings is 1. The maximum absolute atomic E-state index is 13.8. The molecule has 1 saturated carbocycles. The predicted octanol–water partition coefficient (Wildman–Crippen LogP) is 2.36. The van der Waals surface area contributed by atoms with E-state index in [-0.39, 0.29) is 17.7 Å². The average Bonchev–Trinajstić information content (AvgIpc) is 3.38. The standard InChI is InChI=1S/C18H20FN3O5/c1-26-13-8-7-11(9-12(13)19)16(18(24)25)20-14(23)3-2-4-15-21-17(22-27-15)10-5-6-10/h7-10,16H,2-6H2,1H3,(H,20,23)(H,24,25). The average molecular weight is 377 g/mol. The molecule has 0 spiro atoms. The normalized spacial score (nSPS) is 14.6. The number of rotatable bonds is 9. The molecule has 1 aliphatic rings. The summed E-state index contributed by atoms with van der Waals surface area (Å²) in [6.45, 7) is 0. The second-order valence-electron chi connectivity index (χ2n) is 6.41. The lowest BCUT2D eigenvalue weighted by atomic mass is 10.1. The summed E-state index contributed by atoms with van der Waals surface area (Å²) in [4.78, 5) is 27.8. The molecule has 9 heteroatoms. The molecule has 1 amide bonds. The molecule has 1 atom stereocenters. The van der Waals surface area contributed by atoms with Gasteiger partial charge in [-0.2, -0.15) is 4.98 Å². The summed E-state index contributed by atoms with van der Waals surface area (Å²) < 4.78 is 23.7. The highest BCUT2D eigenvalue weighted by Crippen LogP contribution is 2.38. The monoisotopic (exact) mass is 377 g/mol. The fourth-order valence-corrected chi connectivity index (χ4v) is 2.66. The van der Waals surface area contributed by atoms with Crippen molar-refractivity contribution in [1.29, 1.82) is 0 Å². The van der Waals surface area contributed by atoms with Crippen molar-refractivity contribution < 1.29 is 28.3 Å². The van der Waals surface area contributed by atoms with Crippen molar-refractivity contribution in [2.24, 2.45) is 0 Å². The van der Waals surface area contributed by atoms with Gasteiger partial charge in [0.1, 0.15) is 0 Å². The Kier molecular flexibility index (Phi) is 5.68. The lowest BCUT2D eigenvalue weighted by molar-refractivity contribution is -0.142. The molecule has 2 aromatic rings. The van der Waals surface area contributed by atoms with Crippen LogP contribution in [0.15, 0.2) is 22.7 Å². The van der Waals surface area contributed by atoms with E-state index in [1.54, 1.807) is 0 Å². The number of carboxylic acid groups (broad SMARTS) is 1. The van der Waals surface area contributed by atoms with Crippen LogP contribution in [0.5, 0.6) is 5.75 Å². The van der Waals surface area contributed by atoms with Crippen LogP contribution >= 0.6 is 0 Å². The molecular weight excluding hydrogens is 357 g/mol. The third-order valence-corrected chi connectivity index (χ3v) is 4.28. The van der Waals surface area contributed by atoms with Gasteiger partial charge in [0.25, 0.3) is 0 Å². The van der Waals surface area contributed by atoms with Crippen molar-refractivity contribution in [3.05, 3.63) is 41.3 Å². The molecule has 8 nitrogen and oxygen atoms in total. The molecular formula is C18H20FN3O5. The van der Waals surface area contributed by atoms with Crippen LogP contribution in [0.3, 0.4) is 0 Å². The summed E-state index contributed by atoms with van der Waals surface area (Å²) in [5.41, 5.74) is 0.125. The van der Waals surface area contributed by atoms with Crippen molar-refractivity contribution in [1.82, 2.24) is 15.5 Å². The quantitative estimate of drug-likeness (QED) is 0.689. The van der Waals surface area contributed by atoms with Gasteiger partial charge in [-0.25, -0.2) is 9.18 Å². The summed E-state index contributed by atoms with van der Waals surface area (Å²) in [5.74, 6) is -0.859. The third-order valence-electron chi connectivity index (χ3n) is 4.28. The van der Waals surface area contributed by atoms with Crippen LogP contribution in [0.1, 0.15) is 54.9 Å². The van der Waals surface area contributed by atoms with E-state index in [2.05, 4.69) is 15.5 Å². The Hall–Kier alpha value is -2.97. The van der Waals surface area contributed by atoms with Crippen LogP contribution in [0.4, 0.5) is 4.39 Å². The highest BCUT2D eigenvalue weighted by atomic mass is 19.1. The first kappa shape index (κ1) is 18.8. The van der Waals surface area contributed by atoms with Gasteiger partial charge in [0, 0.05) is 18.8 Å². The molecule has 0 aliphatic heterocycles. The summed E-state index contributed by atoms with van der Waals surface area (Å²) in [7, 11) is 1.31. The Labute approximate surface area is 154 Å². The zero-order valence-corrected chi connectivity index (χ0v) is 14.8. The van der Waals surface area contributed by atoms with Crippen molar-refractivity contribution in [3.63, 3.8) is 0 Å². The smallest absolute Gasteiger partial charge is 0.330 e. The molecule has 1 fully saturated rings. The van der Waals surface area contributed by atoms with Crippen LogP contribution in [-0.4, -0.2) is 34.2 Å². The molecule has 144 valence electrons. The van der Waals surface area contributed by atoms with E-state index in [4.69, 9.17) is 9.26 Å². The van der Waals surface area contributed by atoms with Crippen molar-refractivity contribution in [2.75, 3.05) is 7.11 Å². The Morgan fingerprint density at radius 1 is 1.44 bits per heavy atom. The number of carbonyl (C=O) groups excluding carboxylic acids is 1. The molecule has 1 heterocycles. The first-order valence-electron chi connectivity index (χ1n) is 8.66. The Morgan fingerprint density at radius 3 is 2.85 bits per heavy atom. The second-order valence-corrected chi connectivity index (χ2v) is 6.41. The first-order valence-corrected chi connectivity index (χ1v) is 8.66. The van der Waals surface area contributed by atoms with E-state index in [9.17, 15) is 19.1 Å². The number of aliphatic carboxylic acids is 1. The number of halogens is 1. The van der Waals surface area contributed by atoms with Crippen LogP contribution in [0, 0.1) is 5.82 Å². The first-order chi connectivity index (χ1) is 13.0. The number of carbonyl (C=O) groups is 2. The molecule has 2 N–H and O–H groups in total. The molecule has 1 aromatic heterocycles. The molecule has 3 rings (SSSR count). The van der Waals surface area contributed by atoms with Crippen molar-refractivity contribution in [2.45, 2.75) is 44.1 Å². The van der Waals surface area contributed by atoms with Crippen LogP contribution < -0.4 is 10.1 Å². The number of hydrogen-bond acceptors (Lipinski definition) is 6. The zero-order chi connectivity index (χ0) is 19.4. The summed E-state index contributed by atoms with van der Waals surface area (Å²) in [6.07, 6.45) is 3.10. The maximum Gasteiger partial charge on any atom is 0.330 e. The van der Waals surface area contributed by atoms with Crippen molar-refractivity contribution >= 4 is 11.9 Å². The number of amides is 1. The molecule has 1 unspecified atom stereocenters. The zero-order valence-electron chi connectivity index (χ0n) is 14.8. The number of carboxylic acids is 1. The number of aromatic nitrogens is 2. The van der Waals surface area contributed by atoms with Gasteiger partial charge in [0.2, 0.25) is 11.8 Å². The van der Waals surface area contributed by atoms with E-state index in [0.29, 0.717) is 30.5 Å². The molecule has 27 heavy (non-hydrogen) atoms. The summed E-state index contributed by atoms with van der Waals surface area (Å²) in [6, 6.07) is 2.41. The Morgan fingerprint density at radius 2 is 2.22 bits per heavy atom. The number of hydrogen-bond donors (Lipinski definition) is 2. The van der Waals surface area contributed by atoms with Gasteiger partial charge in [0.05, 0.1) is 7.11 Å². The van der Waals surface area contributed by atoms with E-state index in [1.807, 2.05) is 0 Å². The topological polar surface area (TPSA) is 115 Å². The van der Waals surface area contributed by atoms with E-state index in [1.165, 1.54) is 19.2 Å². The largest absolute Gasteiger partial charge is 0.494 e. The number of aryl methyl sites for hydroxylation is 1. The molecule has 0 saturated heterocycles. The van der Waals surface area contributed by atoms with Gasteiger partial charge in [-0.05, 0) is 37.0 Å². The van der Waals surface area contributed by atoms with E-state index < -0.39 is 23.7 Å². The highest BCUT2D eigenvalue weighted by Gasteiger charge is 2.28. The number of nitrogens with zero attached hydrogens (tertiary/aromatic N) is 2. The minimum atomic E-state index is -1.34. The van der Waals surface area contributed by atoms with Gasteiger partial charge in [-0.3, -0.25) is 4.79 Å². The van der Waals surface area contributed by atoms with Gasteiger partial charge in [0.15, 0.2) is 23.4 Å². The van der Waals surface area contributed by atoms with Crippen LogP contribution in [0.25, 0.3) is 0 Å². The third kappa shape index (κ3) is 4.81. The molecule has 0 bridgehead atoms. The minimum absolute atomic E-state index is 0.000612. The Balaban J connectivity index is 1.53. The van der Waals surface area contributed by atoms with Gasteiger partial charge in [-0.15, -0.1) is 0 Å². The second kappa shape index (κ2) is 8.15. The van der Waals surface area contributed by atoms with Crippen LogP contribution in [-0.2, 0) is 16.0 Å². The van der Waals surface area contributed by atoms with Crippen LogP contribution in [0.2, 0.25) is 0 Å². The highest BCUT2D eigenvalue weighted by molar-refractivity contribution is 5.84. The SMILES string of the molecule is COc1ccc(C(NC(=O)CCCc2nc(C3CC3)no2)C(=O)O)cc1F. The molecule has 1 aromatic carbocycles. The minimum Gasteiger partial charge on any atom is -0.494 e. The molecule has 0 radical (unpaired) electrons. The fourth-order valence-electron chi connectivity index (χ4n) is 2.66. The molecule has 1 aliphatic carbocycles. The number of methoxy groups -OCH3 is 1. The Bertz CT molecular complexity index is 834. The fraction of sp³-hybridized carbons (Fsp3) is 0.444. The lowest BCUT2D eigenvalue weighted by Crippen LogP contribution is -2.33. The van der Waals surface area contributed by atoms with Gasteiger partial charge >= 0.3 is 5.97 Å². The summed E-state index contributed by atoms with van der Waals surface area (Å²) in [5, 5.41) is 15.7. The number of nitrogens with one attached hydrogen (secondary N) is 1. The number of ether oxygens (including phenoxy) is 1. The predicted molar refractivity (Wildman–Crippen MR) is 90.7 cm³/mol. The van der Waals surface area contributed by atoms with Crippen molar-refractivity contribution in [3.8, 4) is 5.75 Å². The van der Waals surface area contributed by atoms with Gasteiger partial charge in [-0.1, -0.05) is 11.2 Å².